The molecule has 0 fully saturated rings. The van der Waals surface area contributed by atoms with E-state index in [1.54, 1.807) is 0 Å². The van der Waals surface area contributed by atoms with Gasteiger partial charge in [-0.1, -0.05) is 74.4 Å². The number of carbonyl (C=O) groups is 1. The number of hydrogen-bond acceptors (Lipinski definition) is 1. The van der Waals surface area contributed by atoms with Crippen molar-refractivity contribution in [1.82, 2.24) is 0 Å². The van der Waals surface area contributed by atoms with E-state index in [1.165, 1.54) is 26.9 Å². The number of unbranched alkanes of at least 4 members (excludes halogenated alkanes) is 1. The number of hydrogen-bond donors (Lipinski definition) is 1. The molecule has 0 radical (unpaired) electrons. The van der Waals surface area contributed by atoms with Gasteiger partial charge in [0.1, 0.15) is 0 Å². The Balaban J connectivity index is 2.05. The normalized spacial score (nSPS) is 13.0. The molecule has 4 rings (SSSR count). The van der Waals surface area contributed by atoms with Gasteiger partial charge in [0.15, 0.2) is 0 Å². The monoisotopic (exact) mass is 316 g/mol. The highest BCUT2D eigenvalue weighted by atomic mass is 16.4. The van der Waals surface area contributed by atoms with Gasteiger partial charge in [-0.2, -0.15) is 0 Å². The van der Waals surface area contributed by atoms with Crippen LogP contribution in [0.25, 0.3) is 32.3 Å². The van der Waals surface area contributed by atoms with Crippen LogP contribution in [0.1, 0.15) is 37.7 Å². The molecule has 1 N–H and O–H groups in total. The van der Waals surface area contributed by atoms with Gasteiger partial charge in [0.25, 0.3) is 0 Å². The molecule has 0 saturated carbocycles. The van der Waals surface area contributed by atoms with Crippen molar-refractivity contribution in [3.63, 3.8) is 0 Å². The van der Waals surface area contributed by atoms with Crippen LogP contribution in [-0.2, 0) is 4.79 Å². The number of carboxylic acids is 1. The number of carboxylic acid groups (broad SMARTS) is 1. The molecule has 2 nitrogen and oxygen atoms in total. The Morgan fingerprint density at radius 2 is 1.54 bits per heavy atom. The third-order valence-corrected chi connectivity index (χ3v) is 5.08. The summed E-state index contributed by atoms with van der Waals surface area (Å²) < 4.78 is 0. The number of rotatable bonds is 5. The Labute approximate surface area is 141 Å². The van der Waals surface area contributed by atoms with E-state index < -0.39 is 11.9 Å². The van der Waals surface area contributed by atoms with E-state index in [-0.39, 0.29) is 0 Å². The van der Waals surface area contributed by atoms with Crippen LogP contribution in [-0.4, -0.2) is 11.1 Å². The molecule has 0 heterocycles. The van der Waals surface area contributed by atoms with Gasteiger partial charge in [0, 0.05) is 0 Å². The lowest BCUT2D eigenvalue weighted by atomic mass is 9.86. The molecular formula is C22H20O2. The Kier molecular flexibility index (Phi) is 3.61. The van der Waals surface area contributed by atoms with E-state index >= 15 is 0 Å². The quantitative estimate of drug-likeness (QED) is 0.462. The summed E-state index contributed by atoms with van der Waals surface area (Å²) in [7, 11) is 0. The lowest BCUT2D eigenvalue weighted by Crippen LogP contribution is -2.12. The molecule has 0 saturated heterocycles. The molecule has 0 bridgehead atoms. The number of aliphatic carboxylic acids is 1. The van der Waals surface area contributed by atoms with Gasteiger partial charge in [0.05, 0.1) is 5.92 Å². The van der Waals surface area contributed by atoms with Crippen molar-refractivity contribution < 1.29 is 9.90 Å². The second kappa shape index (κ2) is 5.79. The lowest BCUT2D eigenvalue weighted by molar-refractivity contribution is -0.139. The van der Waals surface area contributed by atoms with E-state index in [0.29, 0.717) is 6.42 Å². The number of benzene rings is 4. The van der Waals surface area contributed by atoms with E-state index in [2.05, 4.69) is 55.5 Å². The molecule has 2 heteroatoms. The van der Waals surface area contributed by atoms with Crippen molar-refractivity contribution in [3.8, 4) is 0 Å². The zero-order chi connectivity index (χ0) is 16.7. The highest BCUT2D eigenvalue weighted by Crippen LogP contribution is 2.38. The summed E-state index contributed by atoms with van der Waals surface area (Å²) in [6.45, 7) is 2.10. The minimum Gasteiger partial charge on any atom is -0.481 e. The summed E-state index contributed by atoms with van der Waals surface area (Å²) >= 11 is 0. The van der Waals surface area contributed by atoms with Gasteiger partial charge in [-0.25, -0.2) is 0 Å². The van der Waals surface area contributed by atoms with Gasteiger partial charge >= 0.3 is 5.97 Å². The van der Waals surface area contributed by atoms with Crippen LogP contribution in [0.4, 0.5) is 0 Å². The van der Waals surface area contributed by atoms with E-state index in [0.717, 1.165) is 23.8 Å². The summed E-state index contributed by atoms with van der Waals surface area (Å²) in [6, 6.07) is 18.9. The molecular weight excluding hydrogens is 296 g/mol. The summed E-state index contributed by atoms with van der Waals surface area (Å²) in [5.41, 5.74) is 0.946. The standard InChI is InChI=1S/C22H20O2/c1-2-3-7-19(22(23)24)17-12-10-16-9-8-14-5-4-6-15-11-13-18(17)21(16)20(14)15/h4-6,8-13,19H,2-3,7H2,1H3,(H,23,24). The van der Waals surface area contributed by atoms with Crippen molar-refractivity contribution in [2.75, 3.05) is 0 Å². The second-order valence-electron chi connectivity index (χ2n) is 6.54. The molecule has 0 aliphatic heterocycles. The van der Waals surface area contributed by atoms with Crippen LogP contribution in [0.15, 0.2) is 54.6 Å². The Morgan fingerprint density at radius 3 is 2.21 bits per heavy atom. The van der Waals surface area contributed by atoms with E-state index in [9.17, 15) is 9.90 Å². The molecule has 1 atom stereocenters. The van der Waals surface area contributed by atoms with Crippen LogP contribution in [0.5, 0.6) is 0 Å². The van der Waals surface area contributed by atoms with Crippen LogP contribution < -0.4 is 0 Å². The molecule has 24 heavy (non-hydrogen) atoms. The van der Waals surface area contributed by atoms with Gasteiger partial charge in [-0.3, -0.25) is 4.79 Å². The zero-order valence-corrected chi connectivity index (χ0v) is 13.8. The van der Waals surface area contributed by atoms with Crippen LogP contribution >= 0.6 is 0 Å². The molecule has 1 unspecified atom stereocenters. The Bertz CT molecular complexity index is 1020. The second-order valence-corrected chi connectivity index (χ2v) is 6.54. The van der Waals surface area contributed by atoms with E-state index in [4.69, 9.17) is 0 Å². The summed E-state index contributed by atoms with van der Waals surface area (Å²) in [5.74, 6) is -1.16. The fourth-order valence-electron chi connectivity index (χ4n) is 3.88. The molecule has 4 aromatic rings. The van der Waals surface area contributed by atoms with Crippen molar-refractivity contribution in [3.05, 3.63) is 60.2 Å². The topological polar surface area (TPSA) is 37.3 Å². The lowest BCUT2D eigenvalue weighted by Gasteiger charge is -2.18. The molecule has 0 aliphatic carbocycles. The fraction of sp³-hybridized carbons (Fsp3) is 0.227. The van der Waals surface area contributed by atoms with Crippen molar-refractivity contribution in [2.24, 2.45) is 0 Å². The van der Waals surface area contributed by atoms with Gasteiger partial charge < -0.3 is 5.11 Å². The highest BCUT2D eigenvalue weighted by Gasteiger charge is 2.22. The summed E-state index contributed by atoms with van der Waals surface area (Å²) in [5, 5.41) is 16.9. The van der Waals surface area contributed by atoms with Crippen molar-refractivity contribution in [2.45, 2.75) is 32.1 Å². The zero-order valence-electron chi connectivity index (χ0n) is 13.8. The van der Waals surface area contributed by atoms with Crippen molar-refractivity contribution in [1.29, 1.82) is 0 Å². The first-order valence-electron chi connectivity index (χ1n) is 8.60. The maximum atomic E-state index is 11.9. The molecule has 0 aromatic heterocycles. The van der Waals surface area contributed by atoms with E-state index in [1.807, 2.05) is 6.07 Å². The minimum atomic E-state index is -0.724. The Hall–Kier alpha value is -2.61. The average molecular weight is 316 g/mol. The van der Waals surface area contributed by atoms with Crippen LogP contribution in [0, 0.1) is 0 Å². The van der Waals surface area contributed by atoms with Gasteiger partial charge in [-0.05, 0) is 44.3 Å². The Morgan fingerprint density at radius 1 is 0.917 bits per heavy atom. The average Bonchev–Trinajstić information content (AvgIpc) is 2.60. The predicted octanol–water partition coefficient (Wildman–Crippen LogP) is 5.94. The highest BCUT2D eigenvalue weighted by molar-refractivity contribution is 6.23. The third-order valence-electron chi connectivity index (χ3n) is 5.08. The largest absolute Gasteiger partial charge is 0.481 e. The third kappa shape index (κ3) is 2.22. The van der Waals surface area contributed by atoms with Gasteiger partial charge in [0.2, 0.25) is 0 Å². The predicted molar refractivity (Wildman–Crippen MR) is 100 cm³/mol. The fourth-order valence-corrected chi connectivity index (χ4v) is 3.88. The maximum Gasteiger partial charge on any atom is 0.310 e. The molecule has 0 spiro atoms. The molecule has 0 aliphatic rings. The first-order valence-corrected chi connectivity index (χ1v) is 8.60. The first kappa shape index (κ1) is 14.9. The van der Waals surface area contributed by atoms with Crippen LogP contribution in [0.2, 0.25) is 0 Å². The summed E-state index contributed by atoms with van der Waals surface area (Å²) in [4.78, 5) is 11.9. The van der Waals surface area contributed by atoms with Crippen LogP contribution in [0.3, 0.4) is 0 Å². The molecule has 120 valence electrons. The SMILES string of the molecule is CCCCC(C(=O)O)c1ccc2ccc3cccc4ccc1c2c34. The smallest absolute Gasteiger partial charge is 0.310 e. The molecule has 0 amide bonds. The summed E-state index contributed by atoms with van der Waals surface area (Å²) in [6.07, 6.45) is 2.63. The molecule has 4 aromatic carbocycles. The van der Waals surface area contributed by atoms with Crippen molar-refractivity contribution >= 4 is 38.3 Å². The minimum absolute atomic E-state index is 0.436. The first-order chi connectivity index (χ1) is 11.7. The maximum absolute atomic E-state index is 11.9. The van der Waals surface area contributed by atoms with Gasteiger partial charge in [-0.15, -0.1) is 0 Å².